The predicted octanol–water partition coefficient (Wildman–Crippen LogP) is 2.50. The number of carbonyl (C=O) groups excluding carboxylic acids is 1. The van der Waals surface area contributed by atoms with Gasteiger partial charge in [-0.3, -0.25) is 9.36 Å². The third kappa shape index (κ3) is 3.66. The zero-order valence-electron chi connectivity index (χ0n) is 12.7. The van der Waals surface area contributed by atoms with E-state index < -0.39 is 0 Å². The molecule has 5 nitrogen and oxygen atoms in total. The van der Waals surface area contributed by atoms with Crippen LogP contribution in [0.5, 0.6) is 0 Å². The predicted molar refractivity (Wildman–Crippen MR) is 84.1 cm³/mol. The highest BCUT2D eigenvalue weighted by Crippen LogP contribution is 2.22. The lowest BCUT2D eigenvalue weighted by atomic mass is 10.3. The summed E-state index contributed by atoms with van der Waals surface area (Å²) in [5, 5.41) is 3.51. The summed E-state index contributed by atoms with van der Waals surface area (Å²) >= 11 is 1.42. The highest BCUT2D eigenvalue weighted by Gasteiger charge is 2.19. The molecule has 1 amide bonds. The molecule has 1 heterocycles. The molecule has 1 N–H and O–H groups in total. The maximum Gasteiger partial charge on any atom is 0.270 e. The lowest BCUT2D eigenvalue weighted by molar-refractivity contribution is 0.0898. The summed E-state index contributed by atoms with van der Waals surface area (Å²) < 4.78 is 19.8. The number of amides is 1. The van der Waals surface area contributed by atoms with Crippen LogP contribution in [-0.4, -0.2) is 41.5 Å². The number of hydrogen-bond acceptors (Lipinski definition) is 4. The van der Waals surface area contributed by atoms with Crippen LogP contribution < -0.4 is 5.32 Å². The van der Waals surface area contributed by atoms with E-state index >= 15 is 0 Å². The maximum atomic E-state index is 13.1. The number of methoxy groups -OCH3 is 1. The van der Waals surface area contributed by atoms with Gasteiger partial charge in [0, 0.05) is 18.8 Å². The minimum Gasteiger partial charge on any atom is -0.383 e. The van der Waals surface area contributed by atoms with Gasteiger partial charge in [0.15, 0.2) is 5.16 Å². The van der Waals surface area contributed by atoms with Crippen molar-refractivity contribution in [2.75, 3.05) is 20.0 Å². The number of aromatic nitrogens is 2. The average molecular weight is 323 g/mol. The number of ether oxygens (including phenoxy) is 1. The van der Waals surface area contributed by atoms with Gasteiger partial charge in [-0.25, -0.2) is 9.37 Å². The van der Waals surface area contributed by atoms with E-state index in [2.05, 4.69) is 10.3 Å². The molecule has 0 spiro atoms. The molecule has 118 valence electrons. The summed E-state index contributed by atoms with van der Waals surface area (Å²) in [4.78, 5) is 16.7. The number of nitrogens with one attached hydrogen (secondary N) is 1. The lowest BCUT2D eigenvalue weighted by Crippen LogP contribution is -2.36. The first-order valence-corrected chi connectivity index (χ1v) is 7.96. The van der Waals surface area contributed by atoms with Crippen LogP contribution in [0, 0.1) is 5.82 Å². The molecule has 0 saturated heterocycles. The van der Waals surface area contributed by atoms with E-state index in [1.54, 1.807) is 23.8 Å². The van der Waals surface area contributed by atoms with Crippen molar-refractivity contribution in [3.05, 3.63) is 42.0 Å². The molecule has 0 aliphatic carbocycles. The molecule has 7 heteroatoms. The monoisotopic (exact) mass is 323 g/mol. The fourth-order valence-corrected chi connectivity index (χ4v) is 2.61. The molecule has 22 heavy (non-hydrogen) atoms. The fourth-order valence-electron chi connectivity index (χ4n) is 2.07. The number of halogens is 1. The van der Waals surface area contributed by atoms with Crippen molar-refractivity contribution >= 4 is 17.7 Å². The second-order valence-corrected chi connectivity index (χ2v) is 5.55. The summed E-state index contributed by atoms with van der Waals surface area (Å²) in [7, 11) is 1.58. The normalized spacial score (nSPS) is 12.2. The summed E-state index contributed by atoms with van der Waals surface area (Å²) in [6.07, 6.45) is 3.39. The Morgan fingerprint density at radius 3 is 2.73 bits per heavy atom. The van der Waals surface area contributed by atoms with E-state index in [4.69, 9.17) is 4.74 Å². The number of rotatable bonds is 6. The van der Waals surface area contributed by atoms with E-state index in [-0.39, 0.29) is 17.8 Å². The van der Waals surface area contributed by atoms with Crippen molar-refractivity contribution < 1.29 is 13.9 Å². The molecule has 2 aromatic rings. The van der Waals surface area contributed by atoms with Crippen LogP contribution in [0.3, 0.4) is 0 Å². The number of benzene rings is 1. The highest BCUT2D eigenvalue weighted by molar-refractivity contribution is 7.98. The molecule has 0 fully saturated rings. The Hall–Kier alpha value is -1.86. The largest absolute Gasteiger partial charge is 0.383 e. The average Bonchev–Trinajstić information content (AvgIpc) is 2.92. The Labute approximate surface area is 132 Å². The van der Waals surface area contributed by atoms with Gasteiger partial charge in [0.1, 0.15) is 11.5 Å². The lowest BCUT2D eigenvalue weighted by Gasteiger charge is -2.15. The topological polar surface area (TPSA) is 56.1 Å². The third-order valence-corrected chi connectivity index (χ3v) is 3.68. The molecular formula is C15H18FN3O2S. The second-order valence-electron chi connectivity index (χ2n) is 4.77. The van der Waals surface area contributed by atoms with Crippen LogP contribution >= 0.6 is 11.8 Å². The van der Waals surface area contributed by atoms with Crippen molar-refractivity contribution in [2.24, 2.45) is 0 Å². The smallest absolute Gasteiger partial charge is 0.270 e. The third-order valence-electron chi connectivity index (χ3n) is 3.02. The van der Waals surface area contributed by atoms with Gasteiger partial charge in [-0.2, -0.15) is 0 Å². The number of hydrogen-bond donors (Lipinski definition) is 1. The molecule has 2 rings (SSSR count). The Morgan fingerprint density at radius 1 is 1.45 bits per heavy atom. The Kier molecular flexibility index (Phi) is 5.57. The molecule has 0 aliphatic heterocycles. The first-order chi connectivity index (χ1) is 10.6. The van der Waals surface area contributed by atoms with Crippen LogP contribution in [0.4, 0.5) is 4.39 Å². The van der Waals surface area contributed by atoms with Crippen LogP contribution in [0.25, 0.3) is 5.69 Å². The summed E-state index contributed by atoms with van der Waals surface area (Å²) in [5.41, 5.74) is 1.09. The van der Waals surface area contributed by atoms with Crippen LogP contribution in [-0.2, 0) is 4.74 Å². The van der Waals surface area contributed by atoms with Crippen molar-refractivity contribution in [2.45, 2.75) is 18.1 Å². The van der Waals surface area contributed by atoms with Gasteiger partial charge in [-0.15, -0.1) is 0 Å². The maximum absolute atomic E-state index is 13.1. The SMILES string of the molecule is COCC(C)NC(=O)c1cnc(SC)n1-c1ccc(F)cc1. The molecule has 0 radical (unpaired) electrons. The first kappa shape index (κ1) is 16.5. The highest BCUT2D eigenvalue weighted by atomic mass is 32.2. The van der Waals surface area contributed by atoms with E-state index in [0.29, 0.717) is 23.1 Å². The molecule has 0 saturated carbocycles. The standard InChI is InChI=1S/C15H18FN3O2S/c1-10(9-21-2)18-14(20)13-8-17-15(22-3)19(13)12-6-4-11(16)5-7-12/h4-8,10H,9H2,1-3H3,(H,18,20). The first-order valence-electron chi connectivity index (χ1n) is 6.74. The fraction of sp³-hybridized carbons (Fsp3) is 0.333. The van der Waals surface area contributed by atoms with Gasteiger partial charge in [0.2, 0.25) is 0 Å². The van der Waals surface area contributed by atoms with Gasteiger partial charge < -0.3 is 10.1 Å². The summed E-state index contributed by atoms with van der Waals surface area (Å²) in [6, 6.07) is 5.83. The van der Waals surface area contributed by atoms with Crippen LogP contribution in [0.1, 0.15) is 17.4 Å². The molecular weight excluding hydrogens is 305 g/mol. The summed E-state index contributed by atoms with van der Waals surface area (Å²) in [5.74, 6) is -0.573. The van der Waals surface area contributed by atoms with Gasteiger partial charge >= 0.3 is 0 Å². The van der Waals surface area contributed by atoms with E-state index in [1.165, 1.54) is 30.1 Å². The second kappa shape index (κ2) is 7.42. The van der Waals surface area contributed by atoms with Crippen molar-refractivity contribution in [1.29, 1.82) is 0 Å². The Morgan fingerprint density at radius 2 is 2.14 bits per heavy atom. The number of carbonyl (C=O) groups is 1. The van der Waals surface area contributed by atoms with E-state index in [1.807, 2.05) is 13.2 Å². The number of imidazole rings is 1. The van der Waals surface area contributed by atoms with Crippen molar-refractivity contribution in [3.8, 4) is 5.69 Å². The van der Waals surface area contributed by atoms with Crippen molar-refractivity contribution in [3.63, 3.8) is 0 Å². The summed E-state index contributed by atoms with van der Waals surface area (Å²) in [6.45, 7) is 2.28. The van der Waals surface area contributed by atoms with Crippen LogP contribution in [0.2, 0.25) is 0 Å². The van der Waals surface area contributed by atoms with Gasteiger partial charge in [-0.1, -0.05) is 11.8 Å². The number of nitrogens with zero attached hydrogens (tertiary/aromatic N) is 2. The minimum atomic E-state index is -0.325. The Balaban J connectivity index is 2.34. The Bertz CT molecular complexity index is 643. The molecule has 1 unspecified atom stereocenters. The van der Waals surface area contributed by atoms with E-state index in [9.17, 15) is 9.18 Å². The van der Waals surface area contributed by atoms with Gasteiger partial charge in [-0.05, 0) is 37.4 Å². The zero-order valence-corrected chi connectivity index (χ0v) is 13.5. The number of thioether (sulfide) groups is 1. The van der Waals surface area contributed by atoms with Crippen LogP contribution in [0.15, 0.2) is 35.6 Å². The van der Waals surface area contributed by atoms with Gasteiger partial charge in [0.25, 0.3) is 5.91 Å². The zero-order chi connectivity index (χ0) is 16.1. The molecule has 1 aromatic carbocycles. The van der Waals surface area contributed by atoms with Gasteiger partial charge in [0.05, 0.1) is 12.8 Å². The molecule has 0 bridgehead atoms. The molecule has 0 aliphatic rings. The van der Waals surface area contributed by atoms with E-state index in [0.717, 1.165) is 0 Å². The minimum absolute atomic E-state index is 0.119. The molecule has 1 atom stereocenters. The van der Waals surface area contributed by atoms with Crippen molar-refractivity contribution in [1.82, 2.24) is 14.9 Å². The molecule has 1 aromatic heterocycles. The quantitative estimate of drug-likeness (QED) is 0.830.